The minimum atomic E-state index is 0.765. The predicted octanol–water partition coefficient (Wildman–Crippen LogP) is 4.49. The highest BCUT2D eigenvalue weighted by Gasteiger charge is 1.99. The van der Waals surface area contributed by atoms with E-state index >= 15 is 0 Å². The third kappa shape index (κ3) is 1.79. The second kappa shape index (κ2) is 3.99. The van der Waals surface area contributed by atoms with Crippen LogP contribution in [0.2, 0.25) is 0 Å². The maximum absolute atomic E-state index is 5.69. The molecule has 2 aromatic carbocycles. The molecule has 0 saturated carbocycles. The molecule has 0 fully saturated rings. The van der Waals surface area contributed by atoms with Crippen molar-refractivity contribution in [2.75, 3.05) is 0 Å². The van der Waals surface area contributed by atoms with E-state index in [0.29, 0.717) is 0 Å². The van der Waals surface area contributed by atoms with Crippen LogP contribution in [-0.2, 0) is 0 Å². The molecule has 0 spiro atoms. The fourth-order valence-corrected chi connectivity index (χ4v) is 2.17. The third-order valence-corrected chi connectivity index (χ3v) is 3.08. The molecule has 0 bridgehead atoms. The van der Waals surface area contributed by atoms with E-state index in [9.17, 15) is 0 Å². The molecule has 1 radical (unpaired) electrons. The standard InChI is InChI=1S/C14H9OS/c1-2-5-12-10-13(8-7-11(12)4-1)15-14-6-3-9-16-14/h1-9H. The molecular weight excluding hydrogens is 216 g/mol. The molecule has 0 saturated heterocycles. The quantitative estimate of drug-likeness (QED) is 0.624. The molecule has 2 heteroatoms. The SMILES string of the molecule is [c]1c(Oc2cccs2)ccc2ccccc12. The van der Waals surface area contributed by atoms with Gasteiger partial charge in [-0.2, -0.15) is 0 Å². The smallest absolute Gasteiger partial charge is 0.180 e. The van der Waals surface area contributed by atoms with Crippen molar-refractivity contribution in [3.63, 3.8) is 0 Å². The van der Waals surface area contributed by atoms with Gasteiger partial charge in [0.1, 0.15) is 5.75 Å². The van der Waals surface area contributed by atoms with Crippen LogP contribution in [0.25, 0.3) is 10.8 Å². The van der Waals surface area contributed by atoms with Gasteiger partial charge >= 0.3 is 0 Å². The van der Waals surface area contributed by atoms with Gasteiger partial charge in [-0.15, -0.1) is 11.3 Å². The van der Waals surface area contributed by atoms with Crippen LogP contribution in [0.1, 0.15) is 0 Å². The highest BCUT2D eigenvalue weighted by molar-refractivity contribution is 7.11. The van der Waals surface area contributed by atoms with Gasteiger partial charge in [-0.25, -0.2) is 0 Å². The normalized spacial score (nSPS) is 10.5. The van der Waals surface area contributed by atoms with E-state index < -0.39 is 0 Å². The number of rotatable bonds is 2. The van der Waals surface area contributed by atoms with Crippen LogP contribution < -0.4 is 4.74 Å². The summed E-state index contributed by atoms with van der Waals surface area (Å²) in [4.78, 5) is 0. The first kappa shape index (κ1) is 9.43. The Balaban J connectivity index is 1.99. The minimum Gasteiger partial charge on any atom is -0.446 e. The molecular formula is C14H9OS. The number of hydrogen-bond donors (Lipinski definition) is 0. The molecule has 77 valence electrons. The van der Waals surface area contributed by atoms with E-state index in [2.05, 4.69) is 18.2 Å². The van der Waals surface area contributed by atoms with Crippen molar-refractivity contribution in [2.24, 2.45) is 0 Å². The zero-order chi connectivity index (χ0) is 10.8. The van der Waals surface area contributed by atoms with Crippen LogP contribution in [0, 0.1) is 6.07 Å². The summed E-state index contributed by atoms with van der Waals surface area (Å²) in [5.74, 6) is 0.765. The van der Waals surface area contributed by atoms with Crippen molar-refractivity contribution in [3.05, 3.63) is 60.0 Å². The maximum Gasteiger partial charge on any atom is 0.180 e. The van der Waals surface area contributed by atoms with E-state index in [1.807, 2.05) is 41.8 Å². The molecule has 0 N–H and O–H groups in total. The molecule has 0 unspecified atom stereocenters. The van der Waals surface area contributed by atoms with Crippen LogP contribution in [0.4, 0.5) is 0 Å². The Bertz CT molecular complexity index is 599. The summed E-state index contributed by atoms with van der Waals surface area (Å²) in [6, 6.07) is 19.3. The average molecular weight is 225 g/mol. The van der Waals surface area contributed by atoms with Crippen molar-refractivity contribution in [1.82, 2.24) is 0 Å². The number of fused-ring (bicyclic) bond motifs is 1. The summed E-state index contributed by atoms with van der Waals surface area (Å²) in [6.45, 7) is 0. The summed E-state index contributed by atoms with van der Waals surface area (Å²) in [6.07, 6.45) is 0. The molecule has 0 aliphatic rings. The number of thiophene rings is 1. The lowest BCUT2D eigenvalue weighted by atomic mass is 10.1. The van der Waals surface area contributed by atoms with Gasteiger partial charge < -0.3 is 4.74 Å². The van der Waals surface area contributed by atoms with Crippen molar-refractivity contribution >= 4 is 22.1 Å². The zero-order valence-electron chi connectivity index (χ0n) is 8.51. The Morgan fingerprint density at radius 3 is 2.75 bits per heavy atom. The van der Waals surface area contributed by atoms with Crippen molar-refractivity contribution in [3.8, 4) is 10.8 Å². The van der Waals surface area contributed by atoms with E-state index in [1.54, 1.807) is 11.3 Å². The lowest BCUT2D eigenvalue weighted by Crippen LogP contribution is -1.81. The minimum absolute atomic E-state index is 0.765. The van der Waals surface area contributed by atoms with Crippen LogP contribution in [0.5, 0.6) is 10.8 Å². The fourth-order valence-electron chi connectivity index (χ4n) is 1.59. The Hall–Kier alpha value is -1.80. The van der Waals surface area contributed by atoms with Crippen LogP contribution in [-0.4, -0.2) is 0 Å². The second-order valence-electron chi connectivity index (χ2n) is 3.44. The van der Waals surface area contributed by atoms with Gasteiger partial charge in [0.25, 0.3) is 0 Å². The summed E-state index contributed by atoms with van der Waals surface area (Å²) >= 11 is 1.58. The fraction of sp³-hybridized carbons (Fsp3) is 0. The summed E-state index contributed by atoms with van der Waals surface area (Å²) in [5, 5.41) is 5.15. The monoisotopic (exact) mass is 225 g/mol. The van der Waals surface area contributed by atoms with E-state index in [1.165, 1.54) is 5.39 Å². The van der Waals surface area contributed by atoms with E-state index in [0.717, 1.165) is 16.2 Å². The first-order chi connectivity index (χ1) is 7.92. The Labute approximate surface area is 97.9 Å². The topological polar surface area (TPSA) is 9.23 Å². The first-order valence-electron chi connectivity index (χ1n) is 5.04. The van der Waals surface area contributed by atoms with Gasteiger partial charge in [-0.1, -0.05) is 30.3 Å². The number of benzene rings is 2. The zero-order valence-corrected chi connectivity index (χ0v) is 9.33. The second-order valence-corrected chi connectivity index (χ2v) is 4.35. The van der Waals surface area contributed by atoms with E-state index in [4.69, 9.17) is 4.74 Å². The summed E-state index contributed by atoms with van der Waals surface area (Å²) in [5.41, 5.74) is 0. The van der Waals surface area contributed by atoms with Crippen LogP contribution >= 0.6 is 11.3 Å². The molecule has 16 heavy (non-hydrogen) atoms. The average Bonchev–Trinajstić information content (AvgIpc) is 2.82. The van der Waals surface area contributed by atoms with Gasteiger partial charge in [-0.05, 0) is 34.4 Å². The Kier molecular flexibility index (Phi) is 2.35. The molecule has 0 amide bonds. The van der Waals surface area contributed by atoms with Crippen molar-refractivity contribution in [1.29, 1.82) is 0 Å². The van der Waals surface area contributed by atoms with Gasteiger partial charge in [0.05, 0.1) is 0 Å². The van der Waals surface area contributed by atoms with Crippen LogP contribution in [0.3, 0.4) is 0 Å². The van der Waals surface area contributed by atoms with Gasteiger partial charge in [0, 0.05) is 6.07 Å². The lowest BCUT2D eigenvalue weighted by Gasteiger charge is -2.03. The Morgan fingerprint density at radius 1 is 0.938 bits per heavy atom. The van der Waals surface area contributed by atoms with Crippen molar-refractivity contribution < 1.29 is 4.74 Å². The molecule has 1 aromatic heterocycles. The molecule has 0 atom stereocenters. The third-order valence-electron chi connectivity index (χ3n) is 2.34. The van der Waals surface area contributed by atoms with Crippen LogP contribution in [0.15, 0.2) is 53.9 Å². The van der Waals surface area contributed by atoms with Crippen molar-refractivity contribution in [2.45, 2.75) is 0 Å². The Morgan fingerprint density at radius 2 is 1.88 bits per heavy atom. The molecule has 3 aromatic rings. The van der Waals surface area contributed by atoms with Gasteiger partial charge in [0.2, 0.25) is 0 Å². The summed E-state index contributed by atoms with van der Waals surface area (Å²) < 4.78 is 5.69. The molecule has 0 aliphatic carbocycles. The molecule has 1 heterocycles. The first-order valence-corrected chi connectivity index (χ1v) is 5.92. The van der Waals surface area contributed by atoms with E-state index in [-0.39, 0.29) is 0 Å². The lowest BCUT2D eigenvalue weighted by molar-refractivity contribution is 0.496. The van der Waals surface area contributed by atoms with Gasteiger partial charge in [-0.3, -0.25) is 0 Å². The largest absolute Gasteiger partial charge is 0.446 e. The molecule has 1 nitrogen and oxygen atoms in total. The highest BCUT2D eigenvalue weighted by Crippen LogP contribution is 2.27. The molecule has 3 rings (SSSR count). The number of ether oxygens (including phenoxy) is 1. The van der Waals surface area contributed by atoms with Gasteiger partial charge in [0.15, 0.2) is 5.06 Å². The predicted molar refractivity (Wildman–Crippen MR) is 67.2 cm³/mol. The summed E-state index contributed by atoms with van der Waals surface area (Å²) in [7, 11) is 0. The molecule has 0 aliphatic heterocycles. The maximum atomic E-state index is 5.69. The number of hydrogen-bond acceptors (Lipinski definition) is 2. The highest BCUT2D eigenvalue weighted by atomic mass is 32.1.